The van der Waals surface area contributed by atoms with Crippen molar-refractivity contribution in [2.24, 2.45) is 4.99 Å². The van der Waals surface area contributed by atoms with E-state index in [1.807, 2.05) is 19.9 Å². The second-order valence-corrected chi connectivity index (χ2v) is 9.21. The van der Waals surface area contributed by atoms with E-state index in [1.54, 1.807) is 12.1 Å². The van der Waals surface area contributed by atoms with Gasteiger partial charge in [-0.2, -0.15) is 0 Å². The minimum absolute atomic E-state index is 0. The highest BCUT2D eigenvalue weighted by Crippen LogP contribution is 2.48. The first-order valence-electron chi connectivity index (χ1n) is 8.73. The van der Waals surface area contributed by atoms with Crippen molar-refractivity contribution in [2.45, 2.75) is 44.6 Å². The molecule has 0 radical (unpaired) electrons. The van der Waals surface area contributed by atoms with Crippen LogP contribution in [0.5, 0.6) is 0 Å². The van der Waals surface area contributed by atoms with Crippen LogP contribution in [-0.2, 0) is 15.3 Å². The SMILES string of the molecule is CCNC(=NCC1(c2cccc(F)c2)CC1)NC(C)CCS(C)(=O)=O.I. The van der Waals surface area contributed by atoms with Crippen LogP contribution in [-0.4, -0.2) is 45.5 Å². The zero-order chi connectivity index (χ0) is 18.5. The molecule has 0 aliphatic heterocycles. The molecule has 2 rings (SSSR count). The molecule has 5 nitrogen and oxygen atoms in total. The van der Waals surface area contributed by atoms with Crippen LogP contribution in [0.3, 0.4) is 0 Å². The monoisotopic (exact) mass is 497 g/mol. The second-order valence-electron chi connectivity index (χ2n) is 6.95. The number of guanidine groups is 1. The Morgan fingerprint density at radius 2 is 2.08 bits per heavy atom. The zero-order valence-corrected chi connectivity index (χ0v) is 18.7. The topological polar surface area (TPSA) is 70.6 Å². The molecule has 1 atom stereocenters. The van der Waals surface area contributed by atoms with Gasteiger partial charge in [0.05, 0.1) is 12.3 Å². The van der Waals surface area contributed by atoms with Crippen molar-refractivity contribution < 1.29 is 12.8 Å². The van der Waals surface area contributed by atoms with Crippen LogP contribution in [0.15, 0.2) is 29.3 Å². The van der Waals surface area contributed by atoms with Crippen molar-refractivity contribution in [3.05, 3.63) is 35.6 Å². The van der Waals surface area contributed by atoms with Crippen LogP contribution < -0.4 is 10.6 Å². The molecule has 0 saturated heterocycles. The lowest BCUT2D eigenvalue weighted by Crippen LogP contribution is -2.43. The van der Waals surface area contributed by atoms with Gasteiger partial charge in [-0.1, -0.05) is 12.1 Å². The summed E-state index contributed by atoms with van der Waals surface area (Å²) in [5, 5.41) is 6.44. The first-order chi connectivity index (χ1) is 11.7. The van der Waals surface area contributed by atoms with Gasteiger partial charge in [0, 0.05) is 24.3 Å². The predicted octanol–water partition coefficient (Wildman–Crippen LogP) is 2.85. The zero-order valence-electron chi connectivity index (χ0n) is 15.6. The molecule has 0 bridgehead atoms. The van der Waals surface area contributed by atoms with Gasteiger partial charge in [-0.15, -0.1) is 24.0 Å². The Bertz CT molecular complexity index is 721. The average molecular weight is 497 g/mol. The van der Waals surface area contributed by atoms with Gasteiger partial charge in [-0.05, 0) is 50.8 Å². The van der Waals surface area contributed by atoms with Gasteiger partial charge < -0.3 is 10.6 Å². The fraction of sp³-hybridized carbons (Fsp3) is 0.611. The number of hydrogen-bond donors (Lipinski definition) is 2. The van der Waals surface area contributed by atoms with Crippen molar-refractivity contribution in [3.8, 4) is 0 Å². The van der Waals surface area contributed by atoms with Gasteiger partial charge in [0.1, 0.15) is 15.7 Å². The van der Waals surface area contributed by atoms with Gasteiger partial charge in [0.15, 0.2) is 5.96 Å². The minimum atomic E-state index is -2.97. The van der Waals surface area contributed by atoms with Crippen LogP contribution in [0, 0.1) is 5.82 Å². The first kappa shape index (κ1) is 23.1. The van der Waals surface area contributed by atoms with E-state index in [0.717, 1.165) is 24.9 Å². The van der Waals surface area contributed by atoms with E-state index in [-0.39, 0.29) is 47.0 Å². The molecule has 1 aromatic rings. The predicted molar refractivity (Wildman–Crippen MR) is 116 cm³/mol. The Morgan fingerprint density at radius 3 is 2.62 bits per heavy atom. The van der Waals surface area contributed by atoms with Crippen molar-refractivity contribution in [3.63, 3.8) is 0 Å². The molecular weight excluding hydrogens is 468 g/mol. The summed E-state index contributed by atoms with van der Waals surface area (Å²) in [7, 11) is -2.97. The van der Waals surface area contributed by atoms with Gasteiger partial charge in [-0.3, -0.25) is 4.99 Å². The standard InChI is InChI=1S/C18H28FN3O2S.HI/c1-4-20-17(22-14(2)8-11-25(3,23)24)21-13-18(9-10-18)15-6-5-7-16(19)12-15;/h5-7,12,14H,4,8-11,13H2,1-3H3,(H2,20,21,22);1H. The van der Waals surface area contributed by atoms with Crippen molar-refractivity contribution in [1.82, 2.24) is 10.6 Å². The van der Waals surface area contributed by atoms with Crippen molar-refractivity contribution in [1.29, 1.82) is 0 Å². The molecule has 26 heavy (non-hydrogen) atoms. The summed E-state index contributed by atoms with van der Waals surface area (Å²) in [6.07, 6.45) is 3.78. The maximum absolute atomic E-state index is 13.5. The summed E-state index contributed by atoms with van der Waals surface area (Å²) in [4.78, 5) is 4.66. The van der Waals surface area contributed by atoms with E-state index >= 15 is 0 Å². The largest absolute Gasteiger partial charge is 0.357 e. The third kappa shape index (κ3) is 7.38. The highest BCUT2D eigenvalue weighted by molar-refractivity contribution is 14.0. The molecule has 1 aliphatic carbocycles. The normalized spacial score (nSPS) is 17.2. The molecule has 2 N–H and O–H groups in total. The van der Waals surface area contributed by atoms with E-state index < -0.39 is 9.84 Å². The number of rotatable bonds is 8. The molecule has 1 aliphatic rings. The summed E-state index contributed by atoms with van der Waals surface area (Å²) < 4.78 is 36.1. The second kappa shape index (κ2) is 9.87. The molecule has 1 saturated carbocycles. The number of benzene rings is 1. The molecule has 0 spiro atoms. The summed E-state index contributed by atoms with van der Waals surface area (Å²) >= 11 is 0. The molecule has 1 unspecified atom stereocenters. The number of nitrogens with zero attached hydrogens (tertiary/aromatic N) is 1. The molecule has 0 heterocycles. The van der Waals surface area contributed by atoms with Crippen LogP contribution in [0.1, 0.15) is 38.7 Å². The highest BCUT2D eigenvalue weighted by atomic mass is 127. The maximum atomic E-state index is 13.5. The molecule has 148 valence electrons. The molecule has 1 fully saturated rings. The molecule has 8 heteroatoms. The third-order valence-corrected chi connectivity index (χ3v) is 5.46. The Kier molecular flexibility index (Phi) is 8.78. The van der Waals surface area contributed by atoms with E-state index in [2.05, 4.69) is 15.6 Å². The van der Waals surface area contributed by atoms with E-state index in [1.165, 1.54) is 12.3 Å². The fourth-order valence-corrected chi connectivity index (χ4v) is 3.54. The van der Waals surface area contributed by atoms with Crippen molar-refractivity contribution in [2.75, 3.05) is 25.1 Å². The first-order valence-corrected chi connectivity index (χ1v) is 10.8. The van der Waals surface area contributed by atoms with E-state index in [0.29, 0.717) is 18.9 Å². The van der Waals surface area contributed by atoms with Crippen LogP contribution >= 0.6 is 24.0 Å². The number of hydrogen-bond acceptors (Lipinski definition) is 3. The van der Waals surface area contributed by atoms with Crippen molar-refractivity contribution >= 4 is 39.8 Å². The smallest absolute Gasteiger partial charge is 0.191 e. The summed E-state index contributed by atoms with van der Waals surface area (Å²) in [6.45, 7) is 5.23. The van der Waals surface area contributed by atoms with Gasteiger partial charge in [-0.25, -0.2) is 12.8 Å². The third-order valence-electron chi connectivity index (χ3n) is 4.48. The van der Waals surface area contributed by atoms with Crippen LogP contribution in [0.4, 0.5) is 4.39 Å². The van der Waals surface area contributed by atoms with Gasteiger partial charge in [0.25, 0.3) is 0 Å². The average Bonchev–Trinajstić information content (AvgIpc) is 3.32. The molecule has 0 aromatic heterocycles. The number of sulfone groups is 1. The maximum Gasteiger partial charge on any atom is 0.191 e. The Labute approximate surface area is 173 Å². The molecule has 1 aromatic carbocycles. The lowest BCUT2D eigenvalue weighted by Gasteiger charge is -2.19. The number of aliphatic imine (C=N–C) groups is 1. The molecular formula is C18H29FIN3O2S. The van der Waals surface area contributed by atoms with Crippen LogP contribution in [0.2, 0.25) is 0 Å². The lowest BCUT2D eigenvalue weighted by atomic mass is 9.96. The lowest BCUT2D eigenvalue weighted by molar-refractivity contribution is 0.580. The summed E-state index contributed by atoms with van der Waals surface area (Å²) in [5.41, 5.74) is 0.928. The van der Waals surface area contributed by atoms with E-state index in [9.17, 15) is 12.8 Å². The molecule has 0 amide bonds. The quantitative estimate of drug-likeness (QED) is 0.329. The van der Waals surface area contributed by atoms with E-state index in [4.69, 9.17) is 0 Å². The van der Waals surface area contributed by atoms with Gasteiger partial charge in [0.2, 0.25) is 0 Å². The summed E-state index contributed by atoms with van der Waals surface area (Å²) in [5.74, 6) is 0.603. The Morgan fingerprint density at radius 1 is 1.38 bits per heavy atom. The highest BCUT2D eigenvalue weighted by Gasteiger charge is 2.44. The fourth-order valence-electron chi connectivity index (χ4n) is 2.75. The Hall–Kier alpha value is -0.900. The number of nitrogens with one attached hydrogen (secondary N) is 2. The van der Waals surface area contributed by atoms with Crippen LogP contribution in [0.25, 0.3) is 0 Å². The minimum Gasteiger partial charge on any atom is -0.357 e. The number of halogens is 2. The summed E-state index contributed by atoms with van der Waals surface area (Å²) in [6, 6.07) is 6.75. The Balaban J connectivity index is 0.00000338. The van der Waals surface area contributed by atoms with Gasteiger partial charge >= 0.3 is 0 Å².